The number of alkyl halides is 6. The molecule has 0 unspecified atom stereocenters. The third kappa shape index (κ3) is 8.82. The first-order valence-electron chi connectivity index (χ1n) is 17.9. The maximum Gasteiger partial charge on any atom is 0.411 e. The number of phenols is 2. The largest absolute Gasteiger partial charge is 0.506 e. The second-order valence-electron chi connectivity index (χ2n) is 13.4. The van der Waals surface area contributed by atoms with Crippen molar-refractivity contribution in [3.8, 4) is 23.0 Å². The molecule has 0 fully saturated rings. The van der Waals surface area contributed by atoms with Gasteiger partial charge in [-0.2, -0.15) is 26.3 Å². The van der Waals surface area contributed by atoms with Crippen LogP contribution in [0.25, 0.3) is 0 Å². The first-order valence-corrected chi connectivity index (χ1v) is 17.9. The lowest BCUT2D eigenvalue weighted by Gasteiger charge is -2.38. The molecule has 3 amide bonds. The summed E-state index contributed by atoms with van der Waals surface area (Å²) in [7, 11) is 1.20. The Balaban J connectivity index is 1.12. The average molecular weight is 829 g/mol. The van der Waals surface area contributed by atoms with E-state index in [1.54, 1.807) is 36.4 Å². The Bertz CT molecular complexity index is 2530. The van der Waals surface area contributed by atoms with Gasteiger partial charge in [0.1, 0.15) is 23.0 Å². The van der Waals surface area contributed by atoms with E-state index in [4.69, 9.17) is 4.74 Å². The Morgan fingerprint density at radius 1 is 0.517 bits per heavy atom. The van der Waals surface area contributed by atoms with E-state index < -0.39 is 63.6 Å². The number of aryl methyl sites for hydroxylation is 1. The molecule has 308 valence electrons. The van der Waals surface area contributed by atoms with Crippen molar-refractivity contribution >= 4 is 40.5 Å². The number of ether oxygens (including phenoxy) is 1. The zero-order chi connectivity index (χ0) is 43.4. The molecule has 0 saturated carbocycles. The maximum absolute atomic E-state index is 14.8. The van der Waals surface area contributed by atoms with Gasteiger partial charge in [0.2, 0.25) is 5.41 Å². The van der Waals surface area contributed by atoms with E-state index >= 15 is 0 Å². The zero-order valence-electron chi connectivity index (χ0n) is 31.5. The van der Waals surface area contributed by atoms with Crippen LogP contribution in [0.1, 0.15) is 47.8 Å². The number of carbonyl (C=O) groups is 3. The fourth-order valence-corrected chi connectivity index (χ4v) is 6.29. The van der Waals surface area contributed by atoms with Gasteiger partial charge in [-0.05, 0) is 121 Å². The highest BCUT2D eigenvalue weighted by Crippen LogP contribution is 2.57. The first-order chi connectivity index (χ1) is 28.4. The fraction of sp³-hybridized carbons (Fsp3) is 0.114. The Hall–Kier alpha value is -7.49. The molecular weight excluding hydrogens is 794 g/mol. The van der Waals surface area contributed by atoms with Crippen LogP contribution < -0.4 is 26.0 Å². The Morgan fingerprint density at radius 2 is 0.917 bits per heavy atom. The van der Waals surface area contributed by atoms with Gasteiger partial charge in [-0.1, -0.05) is 35.9 Å². The van der Waals surface area contributed by atoms with E-state index in [0.717, 1.165) is 5.56 Å². The van der Waals surface area contributed by atoms with Gasteiger partial charge in [-0.3, -0.25) is 14.4 Å². The molecule has 16 heteroatoms. The van der Waals surface area contributed by atoms with Crippen LogP contribution in [0.2, 0.25) is 0 Å². The van der Waals surface area contributed by atoms with Crippen molar-refractivity contribution in [2.24, 2.45) is 0 Å². The van der Waals surface area contributed by atoms with E-state index in [-0.39, 0.29) is 22.8 Å². The number of hydrogen-bond acceptors (Lipinski definition) is 7. The van der Waals surface area contributed by atoms with Gasteiger partial charge in [0.15, 0.2) is 0 Å². The third-order valence-corrected chi connectivity index (χ3v) is 9.39. The number of aromatic hydroxyl groups is 2. The summed E-state index contributed by atoms with van der Waals surface area (Å²) in [6.45, 7) is 1.91. The number of hydrogen-bond donors (Lipinski definition) is 6. The van der Waals surface area contributed by atoms with Crippen molar-refractivity contribution in [3.05, 3.63) is 167 Å². The highest BCUT2D eigenvalue weighted by molar-refractivity contribution is 6.07. The Labute approximate surface area is 338 Å². The highest BCUT2D eigenvalue weighted by atomic mass is 19.4. The molecule has 0 radical (unpaired) electrons. The lowest BCUT2D eigenvalue weighted by Crippen LogP contribution is -2.54. The number of carbonyl (C=O) groups excluding carboxylic acids is 3. The standard InChI is InChI=1S/C44H34F6N4O6/c1-25-6-8-26(9-7-25)39(57)52-31-4-3-5-32(24-31)53-40(58)27-10-16-33(17-11-27)60-34-18-12-28(13-19-34)41(59)54-36-23-30(15-21-38(36)56)42(43(45,46)47,44(48,49)50)29-14-20-37(55)35(22-29)51-2/h3-24,51,55-56H,1-2H3,(H,52,57)(H,53,58)(H,54,59). The number of nitrogens with one attached hydrogen (secondary N) is 4. The summed E-state index contributed by atoms with van der Waals surface area (Å²) in [6, 6.07) is 28.2. The van der Waals surface area contributed by atoms with E-state index in [9.17, 15) is 50.9 Å². The summed E-state index contributed by atoms with van der Waals surface area (Å²) in [5.41, 5.74) is -5.80. The van der Waals surface area contributed by atoms with E-state index in [0.29, 0.717) is 59.1 Å². The monoisotopic (exact) mass is 828 g/mol. The van der Waals surface area contributed by atoms with E-state index in [1.807, 2.05) is 19.1 Å². The van der Waals surface area contributed by atoms with Crippen LogP contribution in [0.4, 0.5) is 49.1 Å². The SMILES string of the molecule is CNc1cc(C(c2ccc(O)c(NC(=O)c3ccc(Oc4ccc(C(=O)Nc5cccc(NC(=O)c6ccc(C)cc6)c5)cc4)cc3)c2)(C(F)(F)F)C(F)(F)F)ccc1O. The van der Waals surface area contributed by atoms with Crippen LogP contribution in [0.3, 0.4) is 0 Å². The minimum absolute atomic E-state index is 0.0898. The predicted octanol–water partition coefficient (Wildman–Crippen LogP) is 10.4. The van der Waals surface area contributed by atoms with Crippen LogP contribution in [0, 0.1) is 6.92 Å². The van der Waals surface area contributed by atoms with Crippen molar-refractivity contribution in [2.45, 2.75) is 24.7 Å². The molecule has 0 spiro atoms. The smallest absolute Gasteiger partial charge is 0.411 e. The fourth-order valence-electron chi connectivity index (χ4n) is 6.29. The van der Waals surface area contributed by atoms with Crippen LogP contribution >= 0.6 is 0 Å². The van der Waals surface area contributed by atoms with Gasteiger partial charge in [-0.25, -0.2) is 0 Å². The van der Waals surface area contributed by atoms with Gasteiger partial charge in [-0.15, -0.1) is 0 Å². The molecule has 0 bridgehead atoms. The number of anilines is 4. The van der Waals surface area contributed by atoms with Crippen molar-refractivity contribution in [2.75, 3.05) is 28.3 Å². The number of phenolic OH excluding ortho intramolecular Hbond substituents is 2. The van der Waals surface area contributed by atoms with E-state index in [1.165, 1.54) is 55.6 Å². The van der Waals surface area contributed by atoms with Crippen LogP contribution in [-0.4, -0.2) is 47.3 Å². The summed E-state index contributed by atoms with van der Waals surface area (Å²) >= 11 is 0. The molecule has 6 N–H and O–H groups in total. The average Bonchev–Trinajstić information content (AvgIpc) is 3.19. The molecule has 0 aliphatic rings. The molecule has 0 atom stereocenters. The molecule has 0 aliphatic carbocycles. The zero-order valence-corrected chi connectivity index (χ0v) is 31.5. The molecule has 0 heterocycles. The third-order valence-electron chi connectivity index (χ3n) is 9.39. The second kappa shape index (κ2) is 16.8. The van der Waals surface area contributed by atoms with Crippen LogP contribution in [0.5, 0.6) is 23.0 Å². The van der Waals surface area contributed by atoms with Crippen LogP contribution in [-0.2, 0) is 5.41 Å². The number of amides is 3. The molecule has 0 aromatic heterocycles. The summed E-state index contributed by atoms with van der Waals surface area (Å²) in [4.78, 5) is 38.7. The van der Waals surface area contributed by atoms with Crippen LogP contribution in [0.15, 0.2) is 133 Å². The van der Waals surface area contributed by atoms with E-state index in [2.05, 4.69) is 21.3 Å². The molecule has 0 aliphatic heterocycles. The van der Waals surface area contributed by atoms with Crippen molar-refractivity contribution in [1.82, 2.24) is 0 Å². The molecule has 6 aromatic carbocycles. The molecule has 6 aromatic rings. The number of rotatable bonds is 11. The minimum Gasteiger partial charge on any atom is -0.506 e. The lowest BCUT2D eigenvalue weighted by atomic mass is 9.72. The summed E-state index contributed by atoms with van der Waals surface area (Å²) in [5.74, 6) is -2.59. The normalized spacial score (nSPS) is 11.7. The number of benzene rings is 6. The Kier molecular flexibility index (Phi) is 11.8. The van der Waals surface area contributed by atoms with Crippen molar-refractivity contribution in [3.63, 3.8) is 0 Å². The maximum atomic E-state index is 14.8. The topological polar surface area (TPSA) is 149 Å². The van der Waals surface area contributed by atoms with Crippen molar-refractivity contribution in [1.29, 1.82) is 0 Å². The predicted molar refractivity (Wildman–Crippen MR) is 213 cm³/mol. The summed E-state index contributed by atoms with van der Waals surface area (Å²) in [6.07, 6.45) is -12.0. The van der Waals surface area contributed by atoms with Crippen molar-refractivity contribution < 1.29 is 55.7 Å². The highest BCUT2D eigenvalue weighted by Gasteiger charge is 2.72. The molecule has 6 rings (SSSR count). The van der Waals surface area contributed by atoms with Gasteiger partial charge in [0.05, 0.1) is 11.4 Å². The van der Waals surface area contributed by atoms with Gasteiger partial charge < -0.3 is 36.2 Å². The number of halogens is 6. The second-order valence-corrected chi connectivity index (χ2v) is 13.4. The lowest BCUT2D eigenvalue weighted by molar-refractivity contribution is -0.288. The minimum atomic E-state index is -5.98. The van der Waals surface area contributed by atoms with Gasteiger partial charge in [0, 0.05) is 35.1 Å². The molecule has 0 saturated heterocycles. The van der Waals surface area contributed by atoms with Gasteiger partial charge >= 0.3 is 12.4 Å². The molecule has 60 heavy (non-hydrogen) atoms. The summed E-state index contributed by atoms with van der Waals surface area (Å²) < 4.78 is 94.4. The molecule has 10 nitrogen and oxygen atoms in total. The quantitative estimate of drug-likeness (QED) is 0.0562. The Morgan fingerprint density at radius 3 is 1.35 bits per heavy atom. The van der Waals surface area contributed by atoms with Gasteiger partial charge in [0.25, 0.3) is 17.7 Å². The molecular formula is C44H34F6N4O6. The first kappa shape index (κ1) is 42.1. The summed E-state index contributed by atoms with van der Waals surface area (Å²) in [5, 5.41) is 30.5.